The SMILES string of the molecule is CN1C(=O)CN(Cc2nc(-c3cn(Cc4ccccc4)nn3)no2)C1=O. The number of imide groups is 1. The first-order chi connectivity index (χ1) is 12.6. The molecule has 10 heteroatoms. The van der Waals surface area contributed by atoms with Gasteiger partial charge in [-0.1, -0.05) is 40.7 Å². The second-order valence-electron chi connectivity index (χ2n) is 5.89. The van der Waals surface area contributed by atoms with Gasteiger partial charge in [0.15, 0.2) is 5.69 Å². The Labute approximate surface area is 148 Å². The average Bonchev–Trinajstić information content (AvgIpc) is 3.34. The van der Waals surface area contributed by atoms with Crippen LogP contribution < -0.4 is 0 Å². The summed E-state index contributed by atoms with van der Waals surface area (Å²) in [4.78, 5) is 30.1. The van der Waals surface area contributed by atoms with Gasteiger partial charge in [-0.15, -0.1) is 5.10 Å². The van der Waals surface area contributed by atoms with E-state index in [2.05, 4.69) is 20.5 Å². The van der Waals surface area contributed by atoms with Gasteiger partial charge >= 0.3 is 6.03 Å². The number of carbonyl (C=O) groups is 2. The number of hydrogen-bond acceptors (Lipinski definition) is 7. The summed E-state index contributed by atoms with van der Waals surface area (Å²) in [6, 6.07) is 9.48. The Bertz CT molecular complexity index is 950. The first-order valence-corrected chi connectivity index (χ1v) is 7.92. The Hall–Kier alpha value is -3.56. The zero-order valence-corrected chi connectivity index (χ0v) is 13.9. The van der Waals surface area contributed by atoms with Gasteiger partial charge in [0.1, 0.15) is 13.1 Å². The van der Waals surface area contributed by atoms with Crippen LogP contribution in [0, 0.1) is 0 Å². The zero-order chi connectivity index (χ0) is 18.1. The second-order valence-corrected chi connectivity index (χ2v) is 5.89. The number of aromatic nitrogens is 5. The molecule has 2 aromatic heterocycles. The van der Waals surface area contributed by atoms with Gasteiger partial charge in [-0.2, -0.15) is 4.98 Å². The van der Waals surface area contributed by atoms with Gasteiger partial charge in [-0.25, -0.2) is 9.48 Å². The highest BCUT2D eigenvalue weighted by Crippen LogP contribution is 2.16. The van der Waals surface area contributed by atoms with Crippen LogP contribution in [0.4, 0.5) is 4.79 Å². The number of hydrogen-bond donors (Lipinski definition) is 0. The second kappa shape index (κ2) is 6.39. The fourth-order valence-corrected chi connectivity index (χ4v) is 2.61. The third kappa shape index (κ3) is 3.04. The molecular formula is C16H15N7O3. The highest BCUT2D eigenvalue weighted by molar-refractivity contribution is 6.01. The molecule has 0 aliphatic carbocycles. The van der Waals surface area contributed by atoms with E-state index < -0.39 is 0 Å². The molecule has 3 aromatic rings. The van der Waals surface area contributed by atoms with Crippen molar-refractivity contribution < 1.29 is 14.1 Å². The third-order valence-corrected chi connectivity index (χ3v) is 4.01. The van der Waals surface area contributed by atoms with E-state index >= 15 is 0 Å². The van der Waals surface area contributed by atoms with Crippen molar-refractivity contribution in [1.82, 2.24) is 34.9 Å². The summed E-state index contributed by atoms with van der Waals surface area (Å²) in [6.45, 7) is 0.648. The highest BCUT2D eigenvalue weighted by Gasteiger charge is 2.34. The van der Waals surface area contributed by atoms with Crippen molar-refractivity contribution in [3.05, 3.63) is 48.0 Å². The van der Waals surface area contributed by atoms with Crippen molar-refractivity contribution in [3.63, 3.8) is 0 Å². The van der Waals surface area contributed by atoms with Crippen LogP contribution in [-0.2, 0) is 17.9 Å². The van der Waals surface area contributed by atoms with E-state index in [1.165, 1.54) is 11.9 Å². The van der Waals surface area contributed by atoms with E-state index in [1.54, 1.807) is 10.9 Å². The zero-order valence-electron chi connectivity index (χ0n) is 13.9. The quantitative estimate of drug-likeness (QED) is 0.623. The standard InChI is InChI=1S/C16H15N7O3/c1-21-14(24)10-22(16(21)25)9-13-17-15(19-26-13)12-8-23(20-18-12)7-11-5-3-2-4-6-11/h2-6,8H,7,9-10H2,1H3. The van der Waals surface area contributed by atoms with E-state index in [0.29, 0.717) is 12.2 Å². The van der Waals surface area contributed by atoms with E-state index in [1.807, 2.05) is 30.3 Å². The molecule has 0 spiro atoms. The molecule has 4 rings (SSSR count). The molecule has 1 aliphatic heterocycles. The lowest BCUT2D eigenvalue weighted by Crippen LogP contribution is -2.29. The molecular weight excluding hydrogens is 338 g/mol. The Balaban J connectivity index is 1.45. The Morgan fingerprint density at radius 2 is 1.96 bits per heavy atom. The van der Waals surface area contributed by atoms with Crippen LogP contribution >= 0.6 is 0 Å². The molecule has 0 atom stereocenters. The minimum atomic E-state index is -0.386. The van der Waals surface area contributed by atoms with Gasteiger partial charge in [0, 0.05) is 7.05 Å². The maximum atomic E-state index is 11.9. The van der Waals surface area contributed by atoms with E-state index in [0.717, 1.165) is 10.5 Å². The maximum Gasteiger partial charge on any atom is 0.327 e. The van der Waals surface area contributed by atoms with E-state index in [-0.39, 0.29) is 36.7 Å². The highest BCUT2D eigenvalue weighted by atomic mass is 16.5. The third-order valence-electron chi connectivity index (χ3n) is 4.01. The van der Waals surface area contributed by atoms with Crippen molar-refractivity contribution in [2.24, 2.45) is 0 Å². The molecule has 1 aromatic carbocycles. The Morgan fingerprint density at radius 1 is 1.15 bits per heavy atom. The topological polar surface area (TPSA) is 110 Å². The number of benzene rings is 1. The summed E-state index contributed by atoms with van der Waals surface area (Å²) < 4.78 is 6.84. The van der Waals surface area contributed by atoms with Crippen LogP contribution in [-0.4, -0.2) is 60.5 Å². The number of nitrogens with zero attached hydrogens (tertiary/aromatic N) is 7. The van der Waals surface area contributed by atoms with Gasteiger partial charge in [-0.05, 0) is 5.56 Å². The molecule has 3 heterocycles. The molecule has 0 N–H and O–H groups in total. The van der Waals surface area contributed by atoms with Crippen molar-refractivity contribution >= 4 is 11.9 Å². The van der Waals surface area contributed by atoms with Crippen LogP contribution in [0.3, 0.4) is 0 Å². The summed E-state index contributed by atoms with van der Waals surface area (Å²) >= 11 is 0. The largest absolute Gasteiger partial charge is 0.337 e. The molecule has 0 unspecified atom stereocenters. The molecule has 0 saturated carbocycles. The van der Waals surface area contributed by atoms with Crippen molar-refractivity contribution in [3.8, 4) is 11.5 Å². The molecule has 10 nitrogen and oxygen atoms in total. The Kier molecular flexibility index (Phi) is 3.92. The summed E-state index contributed by atoms with van der Waals surface area (Å²) in [6.07, 6.45) is 1.72. The van der Waals surface area contributed by atoms with Crippen molar-refractivity contribution in [1.29, 1.82) is 0 Å². The average molecular weight is 353 g/mol. The molecule has 132 valence electrons. The summed E-state index contributed by atoms with van der Waals surface area (Å²) in [5.41, 5.74) is 1.57. The molecule has 1 fully saturated rings. The summed E-state index contributed by atoms with van der Waals surface area (Å²) in [7, 11) is 1.44. The Morgan fingerprint density at radius 3 is 2.69 bits per heavy atom. The summed E-state index contributed by atoms with van der Waals surface area (Å²) in [5, 5.41) is 12.0. The normalized spacial score (nSPS) is 14.5. The number of likely N-dealkylation sites (N-methyl/N-ethyl adjacent to an activating group) is 1. The van der Waals surface area contributed by atoms with Crippen molar-refractivity contribution in [2.75, 3.05) is 13.6 Å². The minimum absolute atomic E-state index is 0.000302. The lowest BCUT2D eigenvalue weighted by molar-refractivity contribution is -0.124. The molecule has 1 aliphatic rings. The molecule has 0 radical (unpaired) electrons. The minimum Gasteiger partial charge on any atom is -0.337 e. The molecule has 3 amide bonds. The predicted molar refractivity (Wildman–Crippen MR) is 87.4 cm³/mol. The van der Waals surface area contributed by atoms with E-state index in [4.69, 9.17) is 4.52 Å². The number of amides is 3. The lowest BCUT2D eigenvalue weighted by atomic mass is 10.2. The van der Waals surface area contributed by atoms with Crippen LogP contribution in [0.25, 0.3) is 11.5 Å². The van der Waals surface area contributed by atoms with Gasteiger partial charge in [0.05, 0.1) is 12.7 Å². The van der Waals surface area contributed by atoms with Crippen molar-refractivity contribution in [2.45, 2.75) is 13.1 Å². The van der Waals surface area contributed by atoms with Crippen LogP contribution in [0.5, 0.6) is 0 Å². The van der Waals surface area contributed by atoms with Gasteiger partial charge in [0.2, 0.25) is 17.6 Å². The van der Waals surface area contributed by atoms with Gasteiger partial charge in [0.25, 0.3) is 0 Å². The summed E-state index contributed by atoms with van der Waals surface area (Å²) in [5.74, 6) is 0.248. The van der Waals surface area contributed by atoms with Crippen LogP contribution in [0.15, 0.2) is 41.1 Å². The first-order valence-electron chi connectivity index (χ1n) is 7.92. The smallest absolute Gasteiger partial charge is 0.327 e. The molecule has 1 saturated heterocycles. The first kappa shape index (κ1) is 15.9. The monoisotopic (exact) mass is 353 g/mol. The lowest BCUT2D eigenvalue weighted by Gasteiger charge is -2.11. The number of carbonyl (C=O) groups excluding carboxylic acids is 2. The van der Waals surface area contributed by atoms with E-state index in [9.17, 15) is 9.59 Å². The van der Waals surface area contributed by atoms with Crippen LogP contribution in [0.2, 0.25) is 0 Å². The molecule has 0 bridgehead atoms. The fraction of sp³-hybridized carbons (Fsp3) is 0.250. The maximum absolute atomic E-state index is 11.9. The van der Waals surface area contributed by atoms with Crippen LogP contribution in [0.1, 0.15) is 11.5 Å². The predicted octanol–water partition coefficient (Wildman–Crippen LogP) is 0.770. The fourth-order valence-electron chi connectivity index (χ4n) is 2.61. The van der Waals surface area contributed by atoms with Gasteiger partial charge < -0.3 is 9.42 Å². The number of urea groups is 1. The number of rotatable bonds is 5. The van der Waals surface area contributed by atoms with Gasteiger partial charge in [-0.3, -0.25) is 9.69 Å². The molecule has 26 heavy (non-hydrogen) atoms.